The van der Waals surface area contributed by atoms with Gasteiger partial charge in [0.1, 0.15) is 0 Å². The second-order valence-electron chi connectivity index (χ2n) is 1.32. The smallest absolute Gasteiger partial charge is 0.296 e. The van der Waals surface area contributed by atoms with E-state index in [1.807, 2.05) is 0 Å². The molecule has 0 unspecified atom stereocenters. The van der Waals surface area contributed by atoms with E-state index in [1.54, 1.807) is 0 Å². The van der Waals surface area contributed by atoms with E-state index < -0.39 is 19.5 Å². The molecule has 1 amide bonds. The van der Waals surface area contributed by atoms with Gasteiger partial charge in [0.05, 0.1) is 0 Å². The summed E-state index contributed by atoms with van der Waals surface area (Å²) >= 11 is 0. The monoisotopic (exact) mass is 163 g/mol. The first-order chi connectivity index (χ1) is 5.26. The van der Waals surface area contributed by atoms with Gasteiger partial charge in [-0.25, -0.2) is 9.68 Å². The van der Waals surface area contributed by atoms with Crippen LogP contribution in [0, 0.1) is 0 Å². The second-order valence-corrected chi connectivity index (χ2v) is 1.32. The Kier molecular flexibility index (Phi) is 5.30. The van der Waals surface area contributed by atoms with Crippen LogP contribution in [-0.4, -0.2) is 34.9 Å². The van der Waals surface area contributed by atoms with Gasteiger partial charge in [-0.3, -0.25) is 4.79 Å². The summed E-state index contributed by atoms with van der Waals surface area (Å²) in [6.07, 6.45) is 0.908. The Morgan fingerprint density at radius 3 is 2.18 bits per heavy atom. The van der Waals surface area contributed by atoms with Gasteiger partial charge in [-0.1, -0.05) is 11.8 Å². The van der Waals surface area contributed by atoms with Crippen LogP contribution in [0.1, 0.15) is 0 Å². The van der Waals surface area contributed by atoms with Crippen molar-refractivity contribution in [1.29, 1.82) is 0 Å². The fourth-order valence-electron chi connectivity index (χ4n) is 0.344. The lowest BCUT2D eigenvalue weighted by molar-refractivity contribution is -0.375. The molecule has 64 valence electrons. The molecule has 2 N–H and O–H groups in total. The minimum Gasteiger partial charge on any atom is -0.368 e. The van der Waals surface area contributed by atoms with Crippen LogP contribution in [0.5, 0.6) is 0 Å². The first kappa shape index (κ1) is 10.0. The first-order valence-electron chi connectivity index (χ1n) is 2.70. The molecule has 0 saturated carbocycles. The molecule has 0 radical (unpaired) electrons. The lowest BCUT2D eigenvalue weighted by atomic mass is 10.6. The standard InChI is InChI=1S/C5H9NO5/c1-2-5(9)6(10-3-7)11-4-8/h2,7-8H,1,3-4H2. The number of aliphatic hydroxyl groups excluding tert-OH is 2. The molecular weight excluding hydrogens is 154 g/mol. The van der Waals surface area contributed by atoms with Crippen molar-refractivity contribution >= 4 is 5.91 Å². The number of hydroxylamine groups is 2. The normalized spacial score (nSPS) is 9.27. The number of amides is 1. The fraction of sp³-hybridized carbons (Fsp3) is 0.400. The molecule has 0 aliphatic heterocycles. The van der Waals surface area contributed by atoms with Gasteiger partial charge < -0.3 is 10.2 Å². The average molecular weight is 163 g/mol. The van der Waals surface area contributed by atoms with Gasteiger partial charge in [-0.2, -0.15) is 0 Å². The third-order valence-corrected chi connectivity index (χ3v) is 0.705. The van der Waals surface area contributed by atoms with Crippen LogP contribution >= 0.6 is 0 Å². The van der Waals surface area contributed by atoms with E-state index in [-0.39, 0.29) is 0 Å². The number of rotatable bonds is 5. The summed E-state index contributed by atoms with van der Waals surface area (Å²) in [5.41, 5.74) is 0. The molecule has 0 aromatic heterocycles. The molecule has 0 spiro atoms. The van der Waals surface area contributed by atoms with E-state index >= 15 is 0 Å². The van der Waals surface area contributed by atoms with Crippen LogP contribution in [0.15, 0.2) is 12.7 Å². The summed E-state index contributed by atoms with van der Waals surface area (Å²) in [6.45, 7) is 1.69. The highest BCUT2D eigenvalue weighted by Gasteiger charge is 2.10. The Morgan fingerprint density at radius 1 is 1.45 bits per heavy atom. The van der Waals surface area contributed by atoms with E-state index in [9.17, 15) is 4.79 Å². The minimum atomic E-state index is -0.723. The summed E-state index contributed by atoms with van der Waals surface area (Å²) in [7, 11) is 0. The van der Waals surface area contributed by atoms with Gasteiger partial charge >= 0.3 is 0 Å². The summed E-state index contributed by atoms with van der Waals surface area (Å²) in [4.78, 5) is 19.1. The molecule has 0 aromatic carbocycles. The van der Waals surface area contributed by atoms with E-state index in [0.717, 1.165) is 6.08 Å². The Balaban J connectivity index is 3.86. The maximum absolute atomic E-state index is 10.6. The molecule has 11 heavy (non-hydrogen) atoms. The molecule has 0 atom stereocenters. The lowest BCUT2D eigenvalue weighted by Gasteiger charge is -2.15. The SMILES string of the molecule is C=CC(=O)N(OCO)OCO. The topological polar surface area (TPSA) is 79.2 Å². The molecule has 0 bridgehead atoms. The molecule has 6 nitrogen and oxygen atoms in total. The van der Waals surface area contributed by atoms with Crippen molar-refractivity contribution in [2.75, 3.05) is 13.6 Å². The van der Waals surface area contributed by atoms with Crippen molar-refractivity contribution in [2.24, 2.45) is 0 Å². The van der Waals surface area contributed by atoms with Crippen LogP contribution in [0.2, 0.25) is 0 Å². The Labute approximate surface area is 63.2 Å². The van der Waals surface area contributed by atoms with Crippen LogP contribution in [0.3, 0.4) is 0 Å². The van der Waals surface area contributed by atoms with Gasteiger partial charge in [-0.05, 0) is 0 Å². The molecule has 0 aliphatic rings. The minimum absolute atomic E-state index is 0.326. The fourth-order valence-corrected chi connectivity index (χ4v) is 0.344. The highest BCUT2D eigenvalue weighted by molar-refractivity contribution is 5.85. The van der Waals surface area contributed by atoms with Gasteiger partial charge in [0.25, 0.3) is 5.91 Å². The Bertz CT molecular complexity index is 131. The predicted molar refractivity (Wildman–Crippen MR) is 33.4 cm³/mol. The third kappa shape index (κ3) is 3.68. The molecule has 0 saturated heterocycles. The molecular formula is C5H9NO5. The van der Waals surface area contributed by atoms with Gasteiger partial charge in [0.15, 0.2) is 13.6 Å². The van der Waals surface area contributed by atoms with E-state index in [2.05, 4.69) is 16.3 Å². The number of carbonyl (C=O) groups is 1. The number of nitrogens with zero attached hydrogens (tertiary/aromatic N) is 1. The lowest BCUT2D eigenvalue weighted by Crippen LogP contribution is -2.30. The molecule has 0 fully saturated rings. The molecule has 0 heterocycles. The summed E-state index contributed by atoms with van der Waals surface area (Å²) in [5, 5.41) is 16.7. The molecule has 0 aliphatic carbocycles. The number of hydrogen-bond donors (Lipinski definition) is 2. The molecule has 6 heteroatoms. The zero-order chi connectivity index (χ0) is 8.69. The maximum atomic E-state index is 10.6. The van der Waals surface area contributed by atoms with Crippen LogP contribution in [0.25, 0.3) is 0 Å². The van der Waals surface area contributed by atoms with Crippen molar-refractivity contribution in [3.63, 3.8) is 0 Å². The Morgan fingerprint density at radius 2 is 1.91 bits per heavy atom. The van der Waals surface area contributed by atoms with E-state index in [1.165, 1.54) is 0 Å². The summed E-state index contributed by atoms with van der Waals surface area (Å²) < 4.78 is 0. The average Bonchev–Trinajstić information content (AvgIpc) is 2.03. The van der Waals surface area contributed by atoms with Gasteiger partial charge in [0, 0.05) is 6.08 Å². The summed E-state index contributed by atoms with van der Waals surface area (Å²) in [6, 6.07) is 0. The highest BCUT2D eigenvalue weighted by atomic mass is 17.0. The Hall–Kier alpha value is -0.950. The van der Waals surface area contributed by atoms with Crippen LogP contribution in [0.4, 0.5) is 0 Å². The second kappa shape index (κ2) is 5.81. The van der Waals surface area contributed by atoms with Crippen molar-refractivity contribution in [2.45, 2.75) is 0 Å². The largest absolute Gasteiger partial charge is 0.368 e. The van der Waals surface area contributed by atoms with Crippen molar-refractivity contribution in [1.82, 2.24) is 5.23 Å². The van der Waals surface area contributed by atoms with Crippen LogP contribution < -0.4 is 0 Å². The van der Waals surface area contributed by atoms with Gasteiger partial charge in [0.2, 0.25) is 0 Å². The molecule has 0 rings (SSSR count). The predicted octanol–water partition coefficient (Wildman–Crippen LogP) is -1.24. The van der Waals surface area contributed by atoms with Crippen LogP contribution in [-0.2, 0) is 14.5 Å². The van der Waals surface area contributed by atoms with E-state index in [4.69, 9.17) is 10.2 Å². The van der Waals surface area contributed by atoms with Crippen molar-refractivity contribution in [3.8, 4) is 0 Å². The van der Waals surface area contributed by atoms with Gasteiger partial charge in [-0.15, -0.1) is 0 Å². The first-order valence-corrected chi connectivity index (χ1v) is 2.70. The third-order valence-electron chi connectivity index (χ3n) is 0.705. The van der Waals surface area contributed by atoms with Crippen molar-refractivity contribution in [3.05, 3.63) is 12.7 Å². The maximum Gasteiger partial charge on any atom is 0.296 e. The number of carbonyl (C=O) groups excluding carboxylic acids is 1. The van der Waals surface area contributed by atoms with E-state index in [0.29, 0.717) is 5.23 Å². The molecule has 0 aromatic rings. The quantitative estimate of drug-likeness (QED) is 0.301. The number of aliphatic hydroxyl groups is 2. The zero-order valence-electron chi connectivity index (χ0n) is 5.77. The van der Waals surface area contributed by atoms with Crippen molar-refractivity contribution < 1.29 is 24.7 Å². The highest BCUT2D eigenvalue weighted by Crippen LogP contribution is 1.92. The number of hydrogen-bond acceptors (Lipinski definition) is 5. The summed E-state index contributed by atoms with van der Waals surface area (Å²) in [5.74, 6) is -0.715. The zero-order valence-corrected chi connectivity index (χ0v) is 5.77.